The van der Waals surface area contributed by atoms with Crippen molar-refractivity contribution in [3.8, 4) is 16.9 Å². The molecule has 1 aromatic carbocycles. The Hall–Kier alpha value is -2.67. The van der Waals surface area contributed by atoms with Gasteiger partial charge in [0.05, 0.1) is 18.9 Å². The Morgan fingerprint density at radius 1 is 1.27 bits per heavy atom. The van der Waals surface area contributed by atoms with Crippen molar-refractivity contribution in [1.82, 2.24) is 29.6 Å². The fourth-order valence-electron chi connectivity index (χ4n) is 5.04. The Morgan fingerprint density at radius 2 is 2.03 bits per heavy atom. The van der Waals surface area contributed by atoms with Crippen LogP contribution in [0.3, 0.4) is 0 Å². The topological polar surface area (TPSA) is 129 Å². The van der Waals surface area contributed by atoms with Gasteiger partial charge in [-0.15, -0.1) is 0 Å². The number of aliphatic hydroxyl groups excluding tert-OH is 1. The monoisotopic (exact) mass is 534 g/mol. The summed E-state index contributed by atoms with van der Waals surface area (Å²) in [5.74, 6) is 0.258. The van der Waals surface area contributed by atoms with Crippen LogP contribution in [0.4, 0.5) is 4.79 Å². The van der Waals surface area contributed by atoms with Crippen LogP contribution in [-0.2, 0) is 17.1 Å². The molecule has 12 heteroatoms. The number of fused-ring (bicyclic) bond motifs is 1. The number of likely N-dealkylation sites (tertiary alicyclic amines) is 1. The maximum Gasteiger partial charge on any atom is 0.317 e. The van der Waals surface area contributed by atoms with Gasteiger partial charge in [0.15, 0.2) is 0 Å². The second-order valence-corrected chi connectivity index (χ2v) is 12.0. The normalized spacial score (nSPS) is 22.4. The predicted octanol–water partition coefficient (Wildman–Crippen LogP) is 1.25. The van der Waals surface area contributed by atoms with E-state index in [-0.39, 0.29) is 35.2 Å². The summed E-state index contributed by atoms with van der Waals surface area (Å²) in [5, 5.41) is 17.7. The summed E-state index contributed by atoms with van der Waals surface area (Å²) in [6.07, 6.45) is 5.00. The van der Waals surface area contributed by atoms with Gasteiger partial charge in [-0.3, -0.25) is 4.68 Å². The molecular formula is C25H38N6O5S. The highest BCUT2D eigenvalue weighted by Gasteiger charge is 2.39. The van der Waals surface area contributed by atoms with Crippen LogP contribution in [0.1, 0.15) is 26.2 Å². The molecule has 3 N–H and O–H groups in total. The molecule has 1 aromatic heterocycles. The largest absolute Gasteiger partial charge is 0.492 e. The van der Waals surface area contributed by atoms with Gasteiger partial charge in [-0.05, 0) is 44.0 Å². The van der Waals surface area contributed by atoms with Gasteiger partial charge in [0, 0.05) is 63.5 Å². The van der Waals surface area contributed by atoms with Crippen LogP contribution in [-0.4, -0.2) is 98.2 Å². The van der Waals surface area contributed by atoms with Crippen LogP contribution in [0.2, 0.25) is 0 Å². The number of benzene rings is 1. The average molecular weight is 535 g/mol. The van der Waals surface area contributed by atoms with E-state index in [1.807, 2.05) is 37.0 Å². The van der Waals surface area contributed by atoms with Gasteiger partial charge in [-0.25, -0.2) is 17.9 Å². The van der Waals surface area contributed by atoms with Gasteiger partial charge in [-0.1, -0.05) is 13.0 Å². The molecule has 0 radical (unpaired) electrons. The number of sulfonamides is 1. The third-order valence-electron chi connectivity index (χ3n) is 7.08. The van der Waals surface area contributed by atoms with E-state index in [4.69, 9.17) is 4.74 Å². The second kappa shape index (κ2) is 11.4. The van der Waals surface area contributed by atoms with Crippen molar-refractivity contribution in [1.29, 1.82) is 0 Å². The summed E-state index contributed by atoms with van der Waals surface area (Å²) < 4.78 is 36.9. The minimum absolute atomic E-state index is 0.0350. The first-order chi connectivity index (χ1) is 17.6. The number of carbonyl (C=O) groups excluding carboxylic acids is 1. The Balaban J connectivity index is 1.64. The van der Waals surface area contributed by atoms with Gasteiger partial charge in [0.1, 0.15) is 10.6 Å². The number of piperidine rings is 1. The van der Waals surface area contributed by atoms with Crippen LogP contribution in [0, 0.1) is 5.41 Å². The third kappa shape index (κ3) is 6.61. The molecule has 0 aliphatic carbocycles. The summed E-state index contributed by atoms with van der Waals surface area (Å²) in [6.45, 7) is 4.98. The van der Waals surface area contributed by atoms with Crippen molar-refractivity contribution in [2.24, 2.45) is 12.5 Å². The van der Waals surface area contributed by atoms with Crippen LogP contribution in [0.25, 0.3) is 11.1 Å². The molecule has 2 amide bonds. The number of likely N-dealkylation sites (N-methyl/N-ethyl adjacent to an activating group) is 1. The first kappa shape index (κ1) is 27.4. The van der Waals surface area contributed by atoms with E-state index in [1.54, 1.807) is 23.0 Å². The molecule has 1 atom stereocenters. The Morgan fingerprint density at radius 3 is 2.70 bits per heavy atom. The number of nitrogens with one attached hydrogen (secondary N) is 2. The van der Waals surface area contributed by atoms with Gasteiger partial charge < -0.3 is 25.0 Å². The highest BCUT2D eigenvalue weighted by molar-refractivity contribution is 7.89. The minimum Gasteiger partial charge on any atom is -0.492 e. The number of urea groups is 1. The zero-order valence-corrected chi connectivity index (χ0v) is 22.6. The van der Waals surface area contributed by atoms with E-state index < -0.39 is 16.1 Å². The first-order valence-electron chi connectivity index (χ1n) is 12.8. The summed E-state index contributed by atoms with van der Waals surface area (Å²) in [6, 6.07) is 4.95. The van der Waals surface area contributed by atoms with Gasteiger partial charge in [-0.2, -0.15) is 5.10 Å². The fraction of sp³-hybridized carbons (Fsp3) is 0.600. The lowest BCUT2D eigenvalue weighted by molar-refractivity contribution is 0.0243. The van der Waals surface area contributed by atoms with Crippen molar-refractivity contribution < 1.29 is 23.1 Å². The van der Waals surface area contributed by atoms with Gasteiger partial charge in [0.25, 0.3) is 0 Å². The third-order valence-corrected chi connectivity index (χ3v) is 8.54. The number of β-amino-alcohol motifs (C(OH)–C–C–N with tert-alkyl or cyclic N) is 1. The Labute approximate surface area is 218 Å². The summed E-state index contributed by atoms with van der Waals surface area (Å²) in [5.41, 5.74) is 1.33. The second-order valence-electron chi connectivity index (χ2n) is 10.3. The average Bonchev–Trinajstić information content (AvgIpc) is 3.31. The molecule has 1 unspecified atom stereocenters. The molecule has 2 aliphatic rings. The first-order valence-corrected chi connectivity index (χ1v) is 14.2. The van der Waals surface area contributed by atoms with E-state index in [0.29, 0.717) is 45.6 Å². The van der Waals surface area contributed by atoms with E-state index >= 15 is 0 Å². The molecule has 2 aliphatic heterocycles. The molecule has 0 bridgehead atoms. The van der Waals surface area contributed by atoms with Crippen LogP contribution in [0.5, 0.6) is 5.75 Å². The Bertz CT molecular complexity index is 1190. The summed E-state index contributed by atoms with van der Waals surface area (Å²) in [7, 11) is -0.182. The van der Waals surface area contributed by atoms with Crippen LogP contribution in [0.15, 0.2) is 35.5 Å². The lowest BCUT2D eigenvalue weighted by Gasteiger charge is -2.44. The molecule has 3 heterocycles. The molecular weight excluding hydrogens is 496 g/mol. The van der Waals surface area contributed by atoms with Crippen molar-refractivity contribution >= 4 is 16.1 Å². The maximum atomic E-state index is 13.2. The molecule has 11 nitrogen and oxygen atoms in total. The highest BCUT2D eigenvalue weighted by atomic mass is 32.2. The molecule has 1 saturated heterocycles. The number of rotatable bonds is 3. The fourth-order valence-corrected chi connectivity index (χ4v) is 6.24. The molecule has 204 valence electrons. The lowest BCUT2D eigenvalue weighted by Crippen LogP contribution is -2.53. The number of carbonyl (C=O) groups is 1. The predicted molar refractivity (Wildman–Crippen MR) is 140 cm³/mol. The highest BCUT2D eigenvalue weighted by Crippen LogP contribution is 2.36. The van der Waals surface area contributed by atoms with E-state index in [1.165, 1.54) is 6.07 Å². The zero-order valence-electron chi connectivity index (χ0n) is 21.8. The molecule has 1 fully saturated rings. The minimum atomic E-state index is -3.92. The quantitative estimate of drug-likeness (QED) is 0.541. The van der Waals surface area contributed by atoms with Crippen molar-refractivity contribution in [3.05, 3.63) is 30.6 Å². The molecule has 0 saturated carbocycles. The number of aliphatic hydroxyl groups is 1. The molecule has 4 rings (SSSR count). The number of aromatic nitrogens is 2. The molecule has 2 aromatic rings. The van der Waals surface area contributed by atoms with Crippen molar-refractivity contribution in [3.63, 3.8) is 0 Å². The number of hydrogen-bond donors (Lipinski definition) is 3. The SMILES string of the molecule is CCCNC(=O)N1CCC2(CC1)COc1cc(-c3cnn(C)c3)ccc1S(=O)(=O)NCC(O)CN(C)C2. The molecule has 37 heavy (non-hydrogen) atoms. The lowest BCUT2D eigenvalue weighted by atomic mass is 9.78. The number of nitrogens with zero attached hydrogens (tertiary/aromatic N) is 4. The number of amides is 2. The maximum absolute atomic E-state index is 13.2. The van der Waals surface area contributed by atoms with Crippen LogP contribution >= 0.6 is 0 Å². The van der Waals surface area contributed by atoms with E-state index in [0.717, 1.165) is 17.5 Å². The van der Waals surface area contributed by atoms with Crippen molar-refractivity contribution in [2.75, 3.05) is 52.9 Å². The van der Waals surface area contributed by atoms with Gasteiger partial charge >= 0.3 is 6.03 Å². The number of hydrogen-bond acceptors (Lipinski definition) is 7. The Kier molecular flexibility index (Phi) is 8.42. The van der Waals surface area contributed by atoms with Crippen molar-refractivity contribution in [2.45, 2.75) is 37.2 Å². The van der Waals surface area contributed by atoms with Crippen LogP contribution < -0.4 is 14.8 Å². The molecule has 1 spiro atoms. The van der Waals surface area contributed by atoms with Gasteiger partial charge in [0.2, 0.25) is 10.0 Å². The summed E-state index contributed by atoms with van der Waals surface area (Å²) in [4.78, 5) is 16.4. The standard InChI is InChI=1S/C25H38N6O5S/c1-4-9-26-24(33)31-10-7-25(8-11-31)17-29(2)16-21(32)14-28-37(34,35)23-6-5-19(12-22(23)36-18-25)20-13-27-30(3)15-20/h5-6,12-13,15,21,28,32H,4,7-11,14,16-18H2,1-3H3,(H,26,33). The smallest absolute Gasteiger partial charge is 0.317 e. The number of ether oxygens (including phenoxy) is 1. The van der Waals surface area contributed by atoms with E-state index in [9.17, 15) is 18.3 Å². The zero-order chi connectivity index (χ0) is 26.6. The number of aryl methyl sites for hydroxylation is 1. The summed E-state index contributed by atoms with van der Waals surface area (Å²) >= 11 is 0. The van der Waals surface area contributed by atoms with E-state index in [2.05, 4.69) is 15.1 Å².